The third kappa shape index (κ3) is 5.12. The van der Waals surface area contributed by atoms with Gasteiger partial charge >= 0.3 is 0 Å². The van der Waals surface area contributed by atoms with E-state index in [0.717, 1.165) is 43.5 Å². The zero-order valence-corrected chi connectivity index (χ0v) is 19.8. The number of hydrogen-bond donors (Lipinski definition) is 1. The number of carbonyl (C=O) groups excluding carboxylic acids is 2. The number of hydrogen-bond acceptors (Lipinski definition) is 4. The minimum atomic E-state index is -3.83. The summed E-state index contributed by atoms with van der Waals surface area (Å²) >= 11 is 0. The van der Waals surface area contributed by atoms with Crippen LogP contribution in [0.1, 0.15) is 56.2 Å². The lowest BCUT2D eigenvalue weighted by atomic mass is 9.92. The second-order valence-corrected chi connectivity index (χ2v) is 10.5. The van der Waals surface area contributed by atoms with Crippen molar-refractivity contribution in [2.75, 3.05) is 25.0 Å². The van der Waals surface area contributed by atoms with Gasteiger partial charge in [0.15, 0.2) is 0 Å². The summed E-state index contributed by atoms with van der Waals surface area (Å²) in [5, 5.41) is 2.74. The average Bonchev–Trinajstić information content (AvgIpc) is 2.84. The number of fused-ring (bicyclic) bond motifs is 1. The van der Waals surface area contributed by atoms with E-state index in [1.807, 2.05) is 29.2 Å². The van der Waals surface area contributed by atoms with Crippen LogP contribution in [0.2, 0.25) is 0 Å². The second kappa shape index (κ2) is 10.1. The maximum atomic E-state index is 13.7. The number of nitrogens with zero attached hydrogens (tertiary/aromatic N) is 2. The molecular formula is C25H31N3O4S. The fourth-order valence-corrected chi connectivity index (χ4v) is 6.27. The Hall–Kier alpha value is -2.71. The maximum absolute atomic E-state index is 13.7. The fourth-order valence-electron chi connectivity index (χ4n) is 4.66. The van der Waals surface area contributed by atoms with Gasteiger partial charge in [0.2, 0.25) is 21.8 Å². The van der Waals surface area contributed by atoms with E-state index in [0.29, 0.717) is 25.1 Å². The van der Waals surface area contributed by atoms with Gasteiger partial charge < -0.3 is 10.2 Å². The zero-order valence-electron chi connectivity index (χ0n) is 19.0. The van der Waals surface area contributed by atoms with Crippen LogP contribution >= 0.6 is 0 Å². The molecule has 0 aliphatic carbocycles. The second-order valence-electron chi connectivity index (χ2n) is 8.65. The topological polar surface area (TPSA) is 86.8 Å². The van der Waals surface area contributed by atoms with Crippen LogP contribution in [0.5, 0.6) is 0 Å². The van der Waals surface area contributed by atoms with Gasteiger partial charge in [0.25, 0.3) is 0 Å². The van der Waals surface area contributed by atoms with E-state index in [2.05, 4.69) is 5.32 Å². The third-order valence-corrected chi connectivity index (χ3v) is 8.43. The zero-order chi connectivity index (χ0) is 23.4. The maximum Gasteiger partial charge on any atom is 0.243 e. The predicted octanol–water partition coefficient (Wildman–Crippen LogP) is 3.73. The Balaban J connectivity index is 1.62. The van der Waals surface area contributed by atoms with E-state index >= 15 is 0 Å². The van der Waals surface area contributed by atoms with Crippen LogP contribution in [0.15, 0.2) is 53.4 Å². The SMILES string of the molecule is CCC(=O)Nc1ccc(S(=O)(=O)N2CCc3ccccc3C2CC(=O)N2CCCCC2)cc1. The van der Waals surface area contributed by atoms with E-state index in [-0.39, 0.29) is 23.1 Å². The highest BCUT2D eigenvalue weighted by Crippen LogP contribution is 2.37. The Labute approximate surface area is 195 Å². The van der Waals surface area contributed by atoms with E-state index < -0.39 is 16.1 Å². The van der Waals surface area contributed by atoms with Crippen molar-refractivity contribution in [1.82, 2.24) is 9.21 Å². The van der Waals surface area contributed by atoms with Crippen molar-refractivity contribution in [3.8, 4) is 0 Å². The molecule has 7 nitrogen and oxygen atoms in total. The monoisotopic (exact) mass is 469 g/mol. The molecule has 0 spiro atoms. The minimum absolute atomic E-state index is 0.00855. The molecule has 2 aliphatic heterocycles. The normalized spacial score (nSPS) is 19.1. The van der Waals surface area contributed by atoms with Crippen molar-refractivity contribution in [3.63, 3.8) is 0 Å². The number of amides is 2. The standard InChI is InChI=1S/C25H31N3O4S/c1-2-24(29)26-20-10-12-21(13-11-20)33(31,32)28-17-14-19-8-4-5-9-22(19)23(28)18-25(30)27-15-6-3-7-16-27/h4-5,8-13,23H,2-3,6-7,14-18H2,1H3,(H,26,29). The van der Waals surface area contributed by atoms with Crippen LogP contribution in [0, 0.1) is 0 Å². The Kier molecular flexibility index (Phi) is 7.14. The number of benzene rings is 2. The van der Waals surface area contributed by atoms with Crippen LogP contribution < -0.4 is 5.32 Å². The molecule has 2 aromatic carbocycles. The van der Waals surface area contributed by atoms with Gasteiger partial charge in [-0.05, 0) is 61.1 Å². The minimum Gasteiger partial charge on any atom is -0.343 e. The van der Waals surface area contributed by atoms with E-state index in [9.17, 15) is 18.0 Å². The molecule has 4 rings (SSSR count). The summed E-state index contributed by atoms with van der Waals surface area (Å²) in [5.74, 6) is -0.122. The van der Waals surface area contributed by atoms with Gasteiger partial charge in [0.05, 0.1) is 10.9 Å². The van der Waals surface area contributed by atoms with Gasteiger partial charge in [-0.25, -0.2) is 8.42 Å². The summed E-state index contributed by atoms with van der Waals surface area (Å²) in [6.45, 7) is 3.56. The molecule has 1 unspecified atom stereocenters. The van der Waals surface area contributed by atoms with Gasteiger partial charge in [-0.2, -0.15) is 4.31 Å². The largest absolute Gasteiger partial charge is 0.343 e. The first-order valence-corrected chi connectivity index (χ1v) is 13.1. The number of carbonyl (C=O) groups is 2. The highest BCUT2D eigenvalue weighted by Gasteiger charge is 2.38. The summed E-state index contributed by atoms with van der Waals surface area (Å²) in [5.41, 5.74) is 2.56. The lowest BCUT2D eigenvalue weighted by Gasteiger charge is -2.37. The van der Waals surface area contributed by atoms with Gasteiger partial charge in [0.1, 0.15) is 0 Å². The molecule has 2 heterocycles. The van der Waals surface area contributed by atoms with Gasteiger partial charge in [-0.3, -0.25) is 9.59 Å². The van der Waals surface area contributed by atoms with Crippen LogP contribution in [0.4, 0.5) is 5.69 Å². The summed E-state index contributed by atoms with van der Waals surface area (Å²) in [4.78, 5) is 26.8. The number of nitrogens with one attached hydrogen (secondary N) is 1. The van der Waals surface area contributed by atoms with Crippen molar-refractivity contribution in [2.45, 2.75) is 56.4 Å². The lowest BCUT2D eigenvalue weighted by molar-refractivity contribution is -0.133. The molecule has 2 aliphatic rings. The summed E-state index contributed by atoms with van der Waals surface area (Å²) in [6.07, 6.45) is 4.21. The molecule has 8 heteroatoms. The Morgan fingerprint density at radius 1 is 0.970 bits per heavy atom. The first-order valence-electron chi connectivity index (χ1n) is 11.7. The molecule has 1 saturated heterocycles. The fraction of sp³-hybridized carbons (Fsp3) is 0.440. The van der Waals surface area contributed by atoms with Crippen LogP contribution in [-0.4, -0.2) is 49.1 Å². The Bertz CT molecular complexity index is 1110. The highest BCUT2D eigenvalue weighted by atomic mass is 32.2. The molecule has 0 bridgehead atoms. The quantitative estimate of drug-likeness (QED) is 0.699. The van der Waals surface area contributed by atoms with Gasteiger partial charge in [-0.1, -0.05) is 31.2 Å². The van der Waals surface area contributed by atoms with Crippen molar-refractivity contribution in [3.05, 3.63) is 59.7 Å². The average molecular weight is 470 g/mol. The van der Waals surface area contributed by atoms with E-state index in [1.54, 1.807) is 19.1 Å². The Morgan fingerprint density at radius 3 is 2.36 bits per heavy atom. The van der Waals surface area contributed by atoms with Crippen molar-refractivity contribution in [1.29, 1.82) is 0 Å². The third-order valence-electron chi connectivity index (χ3n) is 6.51. The smallest absolute Gasteiger partial charge is 0.243 e. The van der Waals surface area contributed by atoms with Gasteiger partial charge in [0, 0.05) is 38.2 Å². The molecule has 0 aromatic heterocycles. The highest BCUT2D eigenvalue weighted by molar-refractivity contribution is 7.89. The first-order chi connectivity index (χ1) is 15.9. The van der Waals surface area contributed by atoms with Crippen molar-refractivity contribution >= 4 is 27.5 Å². The van der Waals surface area contributed by atoms with E-state index in [4.69, 9.17) is 0 Å². The summed E-state index contributed by atoms with van der Waals surface area (Å²) < 4.78 is 28.8. The number of piperidine rings is 1. The Morgan fingerprint density at radius 2 is 1.67 bits per heavy atom. The number of rotatable bonds is 6. The summed E-state index contributed by atoms with van der Waals surface area (Å²) in [7, 11) is -3.83. The molecule has 1 N–H and O–H groups in total. The first kappa shape index (κ1) is 23.4. The van der Waals surface area contributed by atoms with Crippen LogP contribution in [-0.2, 0) is 26.0 Å². The van der Waals surface area contributed by atoms with Gasteiger partial charge in [-0.15, -0.1) is 0 Å². The van der Waals surface area contributed by atoms with E-state index in [1.165, 1.54) is 16.4 Å². The molecule has 33 heavy (non-hydrogen) atoms. The molecule has 0 saturated carbocycles. The molecule has 176 valence electrons. The number of sulfonamides is 1. The van der Waals surface area contributed by atoms with Crippen molar-refractivity contribution < 1.29 is 18.0 Å². The molecule has 2 aromatic rings. The molecule has 0 radical (unpaired) electrons. The summed E-state index contributed by atoms with van der Waals surface area (Å²) in [6, 6.07) is 13.5. The lowest BCUT2D eigenvalue weighted by Crippen LogP contribution is -2.43. The predicted molar refractivity (Wildman–Crippen MR) is 127 cm³/mol. The number of likely N-dealkylation sites (tertiary alicyclic amines) is 1. The molecule has 1 atom stereocenters. The molecular weight excluding hydrogens is 438 g/mol. The number of anilines is 1. The van der Waals surface area contributed by atoms with Crippen LogP contribution in [0.3, 0.4) is 0 Å². The van der Waals surface area contributed by atoms with Crippen molar-refractivity contribution in [2.24, 2.45) is 0 Å². The van der Waals surface area contributed by atoms with Crippen LogP contribution in [0.25, 0.3) is 0 Å². The molecule has 1 fully saturated rings. The molecule has 2 amide bonds.